The molecule has 0 unspecified atom stereocenters. The highest BCUT2D eigenvalue weighted by molar-refractivity contribution is 6.04. The number of nitrogens with one attached hydrogen (secondary N) is 1. The van der Waals surface area contributed by atoms with Crippen molar-refractivity contribution >= 4 is 17.2 Å². The largest absolute Gasteiger partial charge is 0.480 e. The first-order chi connectivity index (χ1) is 13.9. The molecule has 9 heteroatoms. The molecule has 0 saturated heterocycles. The number of ether oxygens (including phenoxy) is 1. The minimum atomic E-state index is -1.17. The number of imidazole rings is 1. The van der Waals surface area contributed by atoms with E-state index in [1.807, 2.05) is 0 Å². The van der Waals surface area contributed by atoms with Gasteiger partial charge in [-0.1, -0.05) is 0 Å². The van der Waals surface area contributed by atoms with Gasteiger partial charge in [0.1, 0.15) is 5.82 Å². The number of anilines is 1. The summed E-state index contributed by atoms with van der Waals surface area (Å²) in [7, 11) is 1.49. The van der Waals surface area contributed by atoms with Crippen LogP contribution in [0.15, 0.2) is 54.7 Å². The van der Waals surface area contributed by atoms with Crippen molar-refractivity contribution in [1.82, 2.24) is 14.6 Å². The first-order valence-corrected chi connectivity index (χ1v) is 8.41. The minimum absolute atomic E-state index is 0.125. The fraction of sp³-hybridized carbons (Fsp3) is 0.0500. The van der Waals surface area contributed by atoms with Gasteiger partial charge in [-0.05, 0) is 42.5 Å². The number of halogens is 3. The van der Waals surface area contributed by atoms with Gasteiger partial charge in [0.2, 0.25) is 5.88 Å². The number of nitrogens with zero attached hydrogens (tertiary/aromatic N) is 3. The van der Waals surface area contributed by atoms with Gasteiger partial charge in [0.05, 0.1) is 24.7 Å². The van der Waals surface area contributed by atoms with E-state index in [0.29, 0.717) is 22.8 Å². The Balaban J connectivity index is 1.65. The van der Waals surface area contributed by atoms with E-state index in [4.69, 9.17) is 4.74 Å². The summed E-state index contributed by atoms with van der Waals surface area (Å²) >= 11 is 0. The van der Waals surface area contributed by atoms with E-state index in [1.54, 1.807) is 18.3 Å². The molecule has 0 radical (unpaired) electrons. The third-order valence-electron chi connectivity index (χ3n) is 4.20. The molecular formula is C20H13F3N4O2. The van der Waals surface area contributed by atoms with Gasteiger partial charge in [-0.3, -0.25) is 4.79 Å². The van der Waals surface area contributed by atoms with Crippen LogP contribution in [0.2, 0.25) is 0 Å². The van der Waals surface area contributed by atoms with Gasteiger partial charge in [-0.25, -0.2) is 22.7 Å². The molecular weight excluding hydrogens is 385 g/mol. The highest BCUT2D eigenvalue weighted by atomic mass is 19.2. The normalized spacial score (nSPS) is 10.9. The number of aromatic nitrogens is 3. The Morgan fingerprint density at radius 3 is 2.55 bits per heavy atom. The number of carbonyl (C=O) groups excluding carboxylic acids is 1. The number of hydrogen-bond donors (Lipinski definition) is 1. The Bertz CT molecular complexity index is 1240. The van der Waals surface area contributed by atoms with Gasteiger partial charge in [0, 0.05) is 17.2 Å². The van der Waals surface area contributed by atoms with Crippen molar-refractivity contribution in [2.75, 3.05) is 12.4 Å². The quantitative estimate of drug-likeness (QED) is 0.563. The maximum atomic E-state index is 14.2. The first-order valence-electron chi connectivity index (χ1n) is 8.41. The number of amides is 1. The average Bonchev–Trinajstić information content (AvgIpc) is 3.14. The maximum Gasteiger partial charge on any atom is 0.255 e. The predicted molar refractivity (Wildman–Crippen MR) is 99.2 cm³/mol. The number of hydrogen-bond acceptors (Lipinski definition) is 4. The molecule has 1 N–H and O–H groups in total. The molecule has 0 atom stereocenters. The topological polar surface area (TPSA) is 68.5 Å². The zero-order valence-electron chi connectivity index (χ0n) is 15.0. The van der Waals surface area contributed by atoms with Crippen LogP contribution in [0.25, 0.3) is 16.9 Å². The Hall–Kier alpha value is -3.88. The van der Waals surface area contributed by atoms with Crippen LogP contribution < -0.4 is 10.1 Å². The van der Waals surface area contributed by atoms with Crippen molar-refractivity contribution in [2.24, 2.45) is 0 Å². The zero-order valence-corrected chi connectivity index (χ0v) is 15.0. The van der Waals surface area contributed by atoms with Gasteiger partial charge in [-0.15, -0.1) is 5.10 Å². The molecule has 0 aliphatic rings. The monoisotopic (exact) mass is 398 g/mol. The molecule has 29 heavy (non-hydrogen) atoms. The summed E-state index contributed by atoms with van der Waals surface area (Å²) in [6.45, 7) is 0. The summed E-state index contributed by atoms with van der Waals surface area (Å²) in [4.78, 5) is 16.7. The SMILES string of the molecule is COc1ccc2nc(-c3ccc(F)c(NC(=O)c4ccc(F)c(F)c4)c3)cn2n1. The lowest BCUT2D eigenvalue weighted by Crippen LogP contribution is -2.13. The molecule has 146 valence electrons. The molecule has 2 heterocycles. The third kappa shape index (κ3) is 3.62. The van der Waals surface area contributed by atoms with Crippen LogP contribution in [0.1, 0.15) is 10.4 Å². The van der Waals surface area contributed by atoms with Crippen LogP contribution in [-0.2, 0) is 0 Å². The van der Waals surface area contributed by atoms with Crippen molar-refractivity contribution in [3.05, 3.63) is 77.7 Å². The van der Waals surface area contributed by atoms with Crippen LogP contribution in [0.3, 0.4) is 0 Å². The van der Waals surface area contributed by atoms with E-state index in [0.717, 1.165) is 18.2 Å². The minimum Gasteiger partial charge on any atom is -0.480 e. The summed E-state index contributed by atoms with van der Waals surface area (Å²) in [5.74, 6) is -3.30. The molecule has 2 aromatic carbocycles. The Morgan fingerprint density at radius 2 is 1.79 bits per heavy atom. The summed E-state index contributed by atoms with van der Waals surface area (Å²) in [5.41, 5.74) is 1.31. The van der Waals surface area contributed by atoms with Crippen LogP contribution >= 0.6 is 0 Å². The van der Waals surface area contributed by atoms with E-state index in [1.165, 1.54) is 29.8 Å². The highest BCUT2D eigenvalue weighted by Gasteiger charge is 2.14. The van der Waals surface area contributed by atoms with E-state index in [-0.39, 0.29) is 11.3 Å². The Labute approximate surface area is 162 Å². The van der Waals surface area contributed by atoms with Gasteiger partial charge in [0.15, 0.2) is 17.3 Å². The number of carbonyl (C=O) groups is 1. The summed E-state index contributed by atoms with van der Waals surface area (Å²) < 4.78 is 47.2. The lowest BCUT2D eigenvalue weighted by atomic mass is 10.1. The zero-order chi connectivity index (χ0) is 20.5. The second-order valence-electron chi connectivity index (χ2n) is 6.08. The van der Waals surface area contributed by atoms with E-state index in [9.17, 15) is 18.0 Å². The number of fused-ring (bicyclic) bond motifs is 1. The van der Waals surface area contributed by atoms with Crippen molar-refractivity contribution in [1.29, 1.82) is 0 Å². The smallest absolute Gasteiger partial charge is 0.255 e. The highest BCUT2D eigenvalue weighted by Crippen LogP contribution is 2.25. The lowest BCUT2D eigenvalue weighted by Gasteiger charge is -2.08. The van der Waals surface area contributed by atoms with Crippen LogP contribution in [0.5, 0.6) is 5.88 Å². The molecule has 4 aromatic rings. The molecule has 0 fully saturated rings. The van der Waals surface area contributed by atoms with Gasteiger partial charge in [0.25, 0.3) is 5.91 Å². The van der Waals surface area contributed by atoms with Gasteiger partial charge < -0.3 is 10.1 Å². The first kappa shape index (κ1) is 18.5. The van der Waals surface area contributed by atoms with E-state index in [2.05, 4.69) is 15.4 Å². The summed E-state index contributed by atoms with van der Waals surface area (Å²) in [6.07, 6.45) is 1.63. The van der Waals surface area contributed by atoms with Gasteiger partial charge in [-0.2, -0.15) is 0 Å². The van der Waals surface area contributed by atoms with Crippen molar-refractivity contribution in [3.63, 3.8) is 0 Å². The van der Waals surface area contributed by atoms with Crippen molar-refractivity contribution < 1.29 is 22.7 Å². The Kier molecular flexibility index (Phi) is 4.63. The van der Waals surface area contributed by atoms with Crippen molar-refractivity contribution in [3.8, 4) is 17.1 Å². The lowest BCUT2D eigenvalue weighted by molar-refractivity contribution is 0.102. The van der Waals surface area contributed by atoms with Crippen LogP contribution in [0, 0.1) is 17.5 Å². The molecule has 0 saturated carbocycles. The number of rotatable bonds is 4. The molecule has 0 spiro atoms. The Morgan fingerprint density at radius 1 is 1.00 bits per heavy atom. The third-order valence-corrected chi connectivity index (χ3v) is 4.20. The molecule has 0 aliphatic heterocycles. The van der Waals surface area contributed by atoms with Crippen LogP contribution in [0.4, 0.5) is 18.9 Å². The molecule has 1 amide bonds. The number of benzene rings is 2. The molecule has 2 aromatic heterocycles. The fourth-order valence-electron chi connectivity index (χ4n) is 2.72. The average molecular weight is 398 g/mol. The van der Waals surface area contributed by atoms with E-state index >= 15 is 0 Å². The predicted octanol–water partition coefficient (Wildman–Crippen LogP) is 4.07. The second-order valence-corrected chi connectivity index (χ2v) is 6.08. The molecule has 4 rings (SSSR count). The molecule has 6 nitrogen and oxygen atoms in total. The van der Waals surface area contributed by atoms with Crippen molar-refractivity contribution in [2.45, 2.75) is 0 Å². The maximum absolute atomic E-state index is 14.2. The molecule has 0 aliphatic carbocycles. The summed E-state index contributed by atoms with van der Waals surface area (Å²) in [5, 5.41) is 6.57. The summed E-state index contributed by atoms with van der Waals surface area (Å²) in [6, 6.07) is 10.1. The fourth-order valence-corrected chi connectivity index (χ4v) is 2.72. The van der Waals surface area contributed by atoms with E-state index < -0.39 is 23.4 Å². The standard InChI is InChI=1S/C20H13F3N4O2/c1-29-19-7-6-18-24-17(10-27(18)26-19)11-2-5-14(22)16(9-11)25-20(28)12-3-4-13(21)15(23)8-12/h2-10H,1H3,(H,25,28). The number of methoxy groups -OCH3 is 1. The molecule has 0 bridgehead atoms. The van der Waals surface area contributed by atoms with Crippen LogP contribution in [-0.4, -0.2) is 27.6 Å². The second kappa shape index (κ2) is 7.27. The van der Waals surface area contributed by atoms with Gasteiger partial charge >= 0.3 is 0 Å².